The Morgan fingerprint density at radius 1 is 1.32 bits per heavy atom. The Kier molecular flexibility index (Phi) is 5.39. The fraction of sp³-hybridized carbons (Fsp3) is 0.867. The molecule has 0 aromatic carbocycles. The van der Waals surface area contributed by atoms with Gasteiger partial charge >= 0.3 is 0 Å². The molecule has 1 rings (SSSR count). The van der Waals surface area contributed by atoms with Gasteiger partial charge in [0, 0.05) is 6.54 Å². The minimum atomic E-state index is -0.721. The number of amides is 2. The van der Waals surface area contributed by atoms with E-state index >= 15 is 0 Å². The van der Waals surface area contributed by atoms with E-state index in [-0.39, 0.29) is 17.9 Å². The molecule has 1 fully saturated rings. The van der Waals surface area contributed by atoms with Crippen LogP contribution in [0, 0.1) is 5.92 Å². The molecule has 1 saturated heterocycles. The molecule has 110 valence electrons. The summed E-state index contributed by atoms with van der Waals surface area (Å²) in [6.07, 6.45) is 3.89. The maximum atomic E-state index is 12.5. The summed E-state index contributed by atoms with van der Waals surface area (Å²) in [6.45, 7) is 10.7. The van der Waals surface area contributed by atoms with Crippen LogP contribution in [-0.4, -0.2) is 34.8 Å². The molecule has 1 aliphatic heterocycles. The zero-order chi connectivity index (χ0) is 14.6. The molecule has 4 heteroatoms. The van der Waals surface area contributed by atoms with Gasteiger partial charge in [-0.05, 0) is 32.6 Å². The van der Waals surface area contributed by atoms with E-state index in [2.05, 4.69) is 19.2 Å². The fourth-order valence-electron chi connectivity index (χ4n) is 2.43. The molecule has 0 aromatic heterocycles. The molecule has 0 aliphatic carbocycles. The van der Waals surface area contributed by atoms with Crippen LogP contribution in [-0.2, 0) is 9.59 Å². The largest absolute Gasteiger partial charge is 0.340 e. The van der Waals surface area contributed by atoms with Crippen LogP contribution >= 0.6 is 0 Å². The second-order valence-electron chi connectivity index (χ2n) is 6.24. The normalized spacial score (nSPS) is 27.9. The number of carbonyl (C=O) groups excluding carboxylic acids is 2. The molecule has 1 heterocycles. The maximum Gasteiger partial charge on any atom is 0.248 e. The van der Waals surface area contributed by atoms with Crippen molar-refractivity contribution in [3.63, 3.8) is 0 Å². The topological polar surface area (TPSA) is 49.4 Å². The summed E-state index contributed by atoms with van der Waals surface area (Å²) in [5, 5.41) is 2.85. The van der Waals surface area contributed by atoms with E-state index in [9.17, 15) is 9.59 Å². The lowest BCUT2D eigenvalue weighted by Crippen LogP contribution is -2.68. The first-order valence-electron chi connectivity index (χ1n) is 7.45. The summed E-state index contributed by atoms with van der Waals surface area (Å²) < 4.78 is 0. The summed E-state index contributed by atoms with van der Waals surface area (Å²) in [5.41, 5.74) is -0.721. The predicted molar refractivity (Wildman–Crippen MR) is 76.7 cm³/mol. The highest BCUT2D eigenvalue weighted by Gasteiger charge is 2.44. The van der Waals surface area contributed by atoms with E-state index < -0.39 is 5.54 Å². The second-order valence-corrected chi connectivity index (χ2v) is 6.24. The average molecular weight is 268 g/mol. The second kappa shape index (κ2) is 6.40. The highest BCUT2D eigenvalue weighted by atomic mass is 16.2. The maximum absolute atomic E-state index is 12.5. The number of rotatable bonds is 6. The van der Waals surface area contributed by atoms with Crippen molar-refractivity contribution >= 4 is 11.8 Å². The lowest BCUT2D eigenvalue weighted by molar-refractivity contribution is -0.153. The monoisotopic (exact) mass is 268 g/mol. The summed E-state index contributed by atoms with van der Waals surface area (Å²) >= 11 is 0. The lowest BCUT2D eigenvalue weighted by Gasteiger charge is -2.43. The molecule has 4 nitrogen and oxygen atoms in total. The van der Waals surface area contributed by atoms with E-state index in [4.69, 9.17) is 0 Å². The summed E-state index contributed by atoms with van der Waals surface area (Å²) in [6, 6.07) is -0.342. The molecular formula is C15H28N2O2. The van der Waals surface area contributed by atoms with Crippen LogP contribution < -0.4 is 5.32 Å². The SMILES string of the molecule is CCC1(C)NC(=O)C(C)N(CCCCC(C)C)C1=O. The highest BCUT2D eigenvalue weighted by molar-refractivity contribution is 5.99. The van der Waals surface area contributed by atoms with Crippen molar-refractivity contribution in [1.29, 1.82) is 0 Å². The number of hydrogen-bond acceptors (Lipinski definition) is 2. The Balaban J connectivity index is 2.63. The molecule has 2 atom stereocenters. The molecule has 0 saturated carbocycles. The van der Waals surface area contributed by atoms with Crippen molar-refractivity contribution in [2.45, 2.75) is 71.9 Å². The number of nitrogens with one attached hydrogen (secondary N) is 1. The summed E-state index contributed by atoms with van der Waals surface area (Å²) in [4.78, 5) is 26.2. The molecular weight excluding hydrogens is 240 g/mol. The molecule has 1 N–H and O–H groups in total. The van der Waals surface area contributed by atoms with Crippen LogP contribution in [0.2, 0.25) is 0 Å². The number of piperazine rings is 1. The Morgan fingerprint density at radius 2 is 1.95 bits per heavy atom. The van der Waals surface area contributed by atoms with Gasteiger partial charge in [0.05, 0.1) is 0 Å². The first-order chi connectivity index (χ1) is 8.81. The third-order valence-corrected chi connectivity index (χ3v) is 4.12. The highest BCUT2D eigenvalue weighted by Crippen LogP contribution is 2.22. The number of nitrogens with zero attached hydrogens (tertiary/aromatic N) is 1. The van der Waals surface area contributed by atoms with Crippen LogP contribution in [0.15, 0.2) is 0 Å². The van der Waals surface area contributed by atoms with Crippen LogP contribution in [0.5, 0.6) is 0 Å². The number of hydrogen-bond donors (Lipinski definition) is 1. The minimum Gasteiger partial charge on any atom is -0.340 e. The molecule has 19 heavy (non-hydrogen) atoms. The molecule has 0 bridgehead atoms. The van der Waals surface area contributed by atoms with E-state index in [0.717, 1.165) is 12.8 Å². The van der Waals surface area contributed by atoms with E-state index in [0.29, 0.717) is 18.9 Å². The van der Waals surface area contributed by atoms with Crippen molar-refractivity contribution in [2.24, 2.45) is 5.92 Å². The van der Waals surface area contributed by atoms with Crippen molar-refractivity contribution < 1.29 is 9.59 Å². The van der Waals surface area contributed by atoms with Gasteiger partial charge in [-0.1, -0.05) is 33.6 Å². The van der Waals surface area contributed by atoms with Gasteiger partial charge in [-0.25, -0.2) is 0 Å². The van der Waals surface area contributed by atoms with Crippen molar-refractivity contribution in [3.8, 4) is 0 Å². The standard InChI is InChI=1S/C15H28N2O2/c1-6-15(5)14(19)17(12(4)13(18)16-15)10-8-7-9-11(2)3/h11-12H,6-10H2,1-5H3,(H,16,18). The van der Waals surface area contributed by atoms with Gasteiger partial charge in [-0.15, -0.1) is 0 Å². The lowest BCUT2D eigenvalue weighted by atomic mass is 9.92. The smallest absolute Gasteiger partial charge is 0.248 e. The van der Waals surface area contributed by atoms with E-state index in [1.54, 1.807) is 4.90 Å². The number of unbranched alkanes of at least 4 members (excludes halogenated alkanes) is 1. The summed E-state index contributed by atoms with van der Waals surface area (Å²) in [7, 11) is 0. The van der Waals surface area contributed by atoms with Crippen molar-refractivity contribution in [1.82, 2.24) is 10.2 Å². The molecule has 2 unspecified atom stereocenters. The molecule has 0 spiro atoms. The third-order valence-electron chi connectivity index (χ3n) is 4.12. The quantitative estimate of drug-likeness (QED) is 0.752. The fourth-order valence-corrected chi connectivity index (χ4v) is 2.43. The van der Waals surface area contributed by atoms with Crippen LogP contribution in [0.1, 0.15) is 60.3 Å². The average Bonchev–Trinajstić information content (AvgIpc) is 2.35. The zero-order valence-electron chi connectivity index (χ0n) is 13.0. The first kappa shape index (κ1) is 16.0. The van der Waals surface area contributed by atoms with Gasteiger partial charge in [0.2, 0.25) is 11.8 Å². The third kappa shape index (κ3) is 3.71. The van der Waals surface area contributed by atoms with Gasteiger partial charge in [-0.3, -0.25) is 9.59 Å². The van der Waals surface area contributed by atoms with Gasteiger partial charge in [0.25, 0.3) is 0 Å². The number of carbonyl (C=O) groups is 2. The Labute approximate surface area is 116 Å². The Hall–Kier alpha value is -1.06. The van der Waals surface area contributed by atoms with Crippen molar-refractivity contribution in [3.05, 3.63) is 0 Å². The Bertz CT molecular complexity index is 341. The van der Waals surface area contributed by atoms with E-state index in [1.165, 1.54) is 6.42 Å². The first-order valence-corrected chi connectivity index (χ1v) is 7.45. The van der Waals surface area contributed by atoms with Crippen LogP contribution in [0.4, 0.5) is 0 Å². The molecule has 2 amide bonds. The van der Waals surface area contributed by atoms with Crippen LogP contribution in [0.25, 0.3) is 0 Å². The minimum absolute atomic E-state index is 0.0344. The summed E-state index contributed by atoms with van der Waals surface area (Å²) in [5.74, 6) is 0.721. The molecule has 0 radical (unpaired) electrons. The Morgan fingerprint density at radius 3 is 2.47 bits per heavy atom. The van der Waals surface area contributed by atoms with Crippen LogP contribution in [0.3, 0.4) is 0 Å². The van der Waals surface area contributed by atoms with Gasteiger partial charge < -0.3 is 10.2 Å². The van der Waals surface area contributed by atoms with Gasteiger partial charge in [0.1, 0.15) is 11.6 Å². The molecule has 0 aromatic rings. The predicted octanol–water partition coefficient (Wildman–Crippen LogP) is 2.33. The van der Waals surface area contributed by atoms with E-state index in [1.807, 2.05) is 20.8 Å². The zero-order valence-corrected chi connectivity index (χ0v) is 13.0. The van der Waals surface area contributed by atoms with Gasteiger partial charge in [-0.2, -0.15) is 0 Å². The molecule has 1 aliphatic rings. The van der Waals surface area contributed by atoms with Gasteiger partial charge in [0.15, 0.2) is 0 Å². The van der Waals surface area contributed by atoms with Crippen molar-refractivity contribution in [2.75, 3.05) is 6.54 Å².